The van der Waals surface area contributed by atoms with Crippen LogP contribution in [0.25, 0.3) is 22.2 Å². The molecule has 1 heterocycles. The number of H-pyrrole nitrogens is 1. The number of halogens is 9. The number of aryl methyl sites for hydroxylation is 2. The van der Waals surface area contributed by atoms with Crippen LogP contribution >= 0.6 is 0 Å². The zero-order valence-corrected chi connectivity index (χ0v) is 21.1. The van der Waals surface area contributed by atoms with Crippen molar-refractivity contribution in [2.75, 3.05) is 4.72 Å². The molecule has 0 radical (unpaired) electrons. The molecule has 0 aliphatic rings. The van der Waals surface area contributed by atoms with Crippen LogP contribution in [-0.4, -0.2) is 42.4 Å². The summed E-state index contributed by atoms with van der Waals surface area (Å²) in [5.74, 6) is -0.139. The van der Waals surface area contributed by atoms with Crippen LogP contribution in [0.2, 0.25) is 0 Å². The molecule has 0 aliphatic heterocycles. The monoisotopic (exact) mass is 611 g/mol. The molecule has 0 fully saturated rings. The van der Waals surface area contributed by atoms with E-state index >= 15 is 0 Å². The third-order valence-electron chi connectivity index (χ3n) is 5.74. The molecule has 0 bridgehead atoms. The number of nitrogens with zero attached hydrogens (tertiary/aromatic N) is 1. The van der Waals surface area contributed by atoms with Crippen molar-refractivity contribution in [2.24, 2.45) is 0 Å². The Labute approximate surface area is 226 Å². The summed E-state index contributed by atoms with van der Waals surface area (Å²) in [6, 6.07) is 14.8. The number of benzene rings is 3. The van der Waals surface area contributed by atoms with Gasteiger partial charge in [0.2, 0.25) is 0 Å². The van der Waals surface area contributed by atoms with Crippen LogP contribution in [0.3, 0.4) is 0 Å². The number of hydrogen-bond acceptors (Lipinski definition) is 4. The number of alkyl halides is 9. The summed E-state index contributed by atoms with van der Waals surface area (Å²) in [4.78, 5) is 7.43. The van der Waals surface area contributed by atoms with Gasteiger partial charge >= 0.3 is 27.9 Å². The lowest BCUT2D eigenvalue weighted by atomic mass is 10.0. The highest BCUT2D eigenvalue weighted by molar-refractivity contribution is 7.93. The quantitative estimate of drug-likeness (QED) is 0.208. The summed E-state index contributed by atoms with van der Waals surface area (Å²) in [5.41, 5.74) is -3.68. The zero-order chi connectivity index (χ0) is 30.2. The van der Waals surface area contributed by atoms with Gasteiger partial charge in [-0.2, -0.15) is 47.9 Å². The lowest BCUT2D eigenvalue weighted by molar-refractivity contribution is -0.299. The SMILES string of the molecule is O=S(=O)(Nc1ccccc1-c1ccc2nc(CCc3ccc(OC(C(F)(F)F)C(F)(F)F)cc3)[nH]c2c1)C(F)(F)F. The van der Waals surface area contributed by atoms with Crippen molar-refractivity contribution in [1.29, 1.82) is 0 Å². The van der Waals surface area contributed by atoms with E-state index in [9.17, 15) is 47.9 Å². The maximum atomic E-state index is 12.9. The van der Waals surface area contributed by atoms with E-state index in [1.807, 2.05) is 0 Å². The van der Waals surface area contributed by atoms with Gasteiger partial charge in [0.25, 0.3) is 6.10 Å². The van der Waals surface area contributed by atoms with Crippen molar-refractivity contribution in [2.45, 2.75) is 36.8 Å². The number of aromatic nitrogens is 2. The van der Waals surface area contributed by atoms with Crippen LogP contribution in [0, 0.1) is 0 Å². The maximum Gasteiger partial charge on any atom is 0.516 e. The van der Waals surface area contributed by atoms with Crippen LogP contribution in [0.1, 0.15) is 11.4 Å². The summed E-state index contributed by atoms with van der Waals surface area (Å²) in [7, 11) is -5.65. The fourth-order valence-electron chi connectivity index (χ4n) is 3.83. The second kappa shape index (κ2) is 10.8. The van der Waals surface area contributed by atoms with Crippen LogP contribution < -0.4 is 9.46 Å². The van der Waals surface area contributed by atoms with Gasteiger partial charge in [-0.05, 0) is 47.9 Å². The largest absolute Gasteiger partial charge is 0.516 e. The average Bonchev–Trinajstić information content (AvgIpc) is 3.27. The van der Waals surface area contributed by atoms with Gasteiger partial charge in [0.05, 0.1) is 16.7 Å². The van der Waals surface area contributed by atoms with E-state index < -0.39 is 39.7 Å². The zero-order valence-electron chi connectivity index (χ0n) is 20.3. The Balaban J connectivity index is 1.48. The van der Waals surface area contributed by atoms with E-state index in [2.05, 4.69) is 14.7 Å². The van der Waals surface area contributed by atoms with Crippen LogP contribution in [-0.2, 0) is 22.9 Å². The maximum absolute atomic E-state index is 12.9. The second-order valence-electron chi connectivity index (χ2n) is 8.74. The van der Waals surface area contributed by atoms with Crippen molar-refractivity contribution in [3.63, 3.8) is 0 Å². The predicted octanol–water partition coefficient (Wildman–Crippen LogP) is 7.15. The Morgan fingerprint density at radius 1 is 0.829 bits per heavy atom. The molecular formula is C25H18F9N3O3S. The van der Waals surface area contributed by atoms with E-state index in [0.29, 0.717) is 40.8 Å². The standard InChI is InChI=1S/C25H18F9N3O3S/c26-23(27,28)22(24(29,30)31)40-16-9-5-14(6-10-16)7-12-21-35-19-11-8-15(13-20(19)36-21)17-3-1-2-4-18(17)37-41(38,39)25(32,33)34/h1-6,8-11,13,22,37H,7,12H2,(H,35,36). The van der Waals surface area contributed by atoms with Crippen molar-refractivity contribution in [3.05, 3.63) is 78.1 Å². The average molecular weight is 611 g/mol. The minimum atomic E-state index is -5.65. The summed E-state index contributed by atoms with van der Waals surface area (Å²) in [5, 5.41) is 0. The van der Waals surface area contributed by atoms with Gasteiger partial charge in [0.15, 0.2) is 0 Å². The molecule has 0 spiro atoms. The number of ether oxygens (including phenoxy) is 1. The first-order valence-corrected chi connectivity index (χ1v) is 13.0. The van der Waals surface area contributed by atoms with Gasteiger partial charge in [-0.25, -0.2) is 4.98 Å². The first-order valence-electron chi connectivity index (χ1n) is 11.5. The van der Waals surface area contributed by atoms with Crippen molar-refractivity contribution >= 4 is 26.7 Å². The Kier molecular flexibility index (Phi) is 7.90. The highest BCUT2D eigenvalue weighted by Gasteiger charge is 2.59. The highest BCUT2D eigenvalue weighted by atomic mass is 32.2. The smallest absolute Gasteiger partial charge is 0.471 e. The minimum Gasteiger partial charge on any atom is -0.471 e. The topological polar surface area (TPSA) is 84.1 Å². The van der Waals surface area contributed by atoms with Gasteiger partial charge < -0.3 is 9.72 Å². The number of nitrogens with one attached hydrogen (secondary N) is 2. The molecule has 16 heteroatoms. The first-order chi connectivity index (χ1) is 18.9. The van der Waals surface area contributed by atoms with Crippen LogP contribution in [0.4, 0.5) is 45.2 Å². The van der Waals surface area contributed by atoms with Crippen LogP contribution in [0.5, 0.6) is 5.75 Å². The van der Waals surface area contributed by atoms with E-state index in [1.165, 1.54) is 36.4 Å². The third-order valence-corrected chi connectivity index (χ3v) is 6.84. The molecule has 1 aromatic heterocycles. The summed E-state index contributed by atoms with van der Waals surface area (Å²) in [6.07, 6.45) is -14.6. The lowest BCUT2D eigenvalue weighted by Crippen LogP contribution is -2.46. The molecule has 0 aliphatic carbocycles. The number of imidazole rings is 1. The number of sulfonamides is 1. The van der Waals surface area contributed by atoms with Crippen molar-refractivity contribution < 1.29 is 52.7 Å². The fraction of sp³-hybridized carbons (Fsp3) is 0.240. The minimum absolute atomic E-state index is 0.180. The van der Waals surface area contributed by atoms with Gasteiger partial charge in [0, 0.05) is 12.0 Å². The van der Waals surface area contributed by atoms with E-state index in [-0.39, 0.29) is 11.3 Å². The van der Waals surface area contributed by atoms with Gasteiger partial charge in [-0.15, -0.1) is 0 Å². The molecule has 0 atom stereocenters. The predicted molar refractivity (Wildman–Crippen MR) is 131 cm³/mol. The summed E-state index contributed by atoms with van der Waals surface area (Å²) in [6.45, 7) is 0. The summed E-state index contributed by atoms with van der Waals surface area (Å²) >= 11 is 0. The first kappa shape index (κ1) is 30.0. The molecule has 0 saturated heterocycles. The van der Waals surface area contributed by atoms with Crippen molar-refractivity contribution in [3.8, 4) is 16.9 Å². The Hall–Kier alpha value is -3.95. The number of para-hydroxylation sites is 1. The van der Waals surface area contributed by atoms with Crippen molar-refractivity contribution in [1.82, 2.24) is 9.97 Å². The number of aromatic amines is 1. The number of fused-ring (bicyclic) bond motifs is 1. The van der Waals surface area contributed by atoms with E-state index in [0.717, 1.165) is 12.1 Å². The van der Waals surface area contributed by atoms with E-state index in [4.69, 9.17) is 0 Å². The molecule has 4 rings (SSSR count). The Morgan fingerprint density at radius 2 is 1.46 bits per heavy atom. The summed E-state index contributed by atoms with van der Waals surface area (Å²) < 4.78 is 144. The molecule has 220 valence electrons. The molecule has 0 saturated carbocycles. The van der Waals surface area contributed by atoms with Gasteiger partial charge in [-0.1, -0.05) is 36.4 Å². The molecule has 0 amide bonds. The Bertz CT molecular complexity index is 1610. The van der Waals surface area contributed by atoms with Crippen LogP contribution in [0.15, 0.2) is 66.7 Å². The molecule has 0 unspecified atom stereocenters. The van der Waals surface area contributed by atoms with E-state index in [1.54, 1.807) is 22.9 Å². The highest BCUT2D eigenvalue weighted by Crippen LogP contribution is 2.37. The Morgan fingerprint density at radius 3 is 2.07 bits per heavy atom. The number of anilines is 1. The molecule has 2 N–H and O–H groups in total. The fourth-order valence-corrected chi connectivity index (χ4v) is 4.41. The lowest BCUT2D eigenvalue weighted by Gasteiger charge is -2.23. The normalized spacial score (nSPS) is 13.1. The molecule has 6 nitrogen and oxygen atoms in total. The second-order valence-corrected chi connectivity index (χ2v) is 10.4. The molecule has 4 aromatic rings. The van der Waals surface area contributed by atoms with Gasteiger partial charge in [-0.3, -0.25) is 4.72 Å². The molecule has 3 aromatic carbocycles. The number of hydrogen-bond donors (Lipinski definition) is 2. The molecule has 41 heavy (non-hydrogen) atoms. The number of rotatable bonds is 8. The van der Waals surface area contributed by atoms with Gasteiger partial charge in [0.1, 0.15) is 11.6 Å². The third kappa shape index (κ3) is 7.04. The molecular weight excluding hydrogens is 593 g/mol.